The Bertz CT molecular complexity index is 217. The maximum Gasteiger partial charge on any atom is 0.0550 e. The van der Waals surface area contributed by atoms with Crippen LogP contribution >= 0.6 is 0 Å². The predicted octanol–water partition coefficient (Wildman–Crippen LogP) is 1.18. The van der Waals surface area contributed by atoms with Crippen LogP contribution < -0.4 is 5.32 Å². The molecule has 0 aliphatic heterocycles. The van der Waals surface area contributed by atoms with Gasteiger partial charge < -0.3 is 5.32 Å². The van der Waals surface area contributed by atoms with Gasteiger partial charge in [-0.05, 0) is 27.0 Å². The summed E-state index contributed by atoms with van der Waals surface area (Å²) in [7, 11) is 1.96. The number of nitrogens with one attached hydrogen (secondary N) is 1. The Balaban J connectivity index is 2.83. The highest BCUT2D eigenvalue weighted by Gasteiger charge is 2.06. The van der Waals surface area contributed by atoms with Gasteiger partial charge in [0.2, 0.25) is 0 Å². The summed E-state index contributed by atoms with van der Waals surface area (Å²) < 4.78 is 2.00. The quantitative estimate of drug-likeness (QED) is 0.706. The Kier molecular flexibility index (Phi) is 2.65. The molecule has 0 radical (unpaired) electrons. The molecule has 0 saturated carbocycles. The zero-order chi connectivity index (χ0) is 8.27. The summed E-state index contributed by atoms with van der Waals surface area (Å²) in [6.07, 6.45) is 1.84. The largest absolute Gasteiger partial charge is 0.312 e. The molecule has 62 valence electrons. The fraction of sp³-hybridized carbons (Fsp3) is 0.625. The molecule has 0 amide bonds. The van der Waals surface area contributed by atoms with Crippen LogP contribution in [-0.4, -0.2) is 16.8 Å². The van der Waals surface area contributed by atoms with E-state index in [-0.39, 0.29) is 0 Å². The van der Waals surface area contributed by atoms with Gasteiger partial charge in [0.15, 0.2) is 0 Å². The van der Waals surface area contributed by atoms with Gasteiger partial charge in [-0.25, -0.2) is 0 Å². The molecule has 1 unspecified atom stereocenters. The van der Waals surface area contributed by atoms with Crippen molar-refractivity contribution in [2.45, 2.75) is 26.4 Å². The van der Waals surface area contributed by atoms with E-state index in [2.05, 4.69) is 24.3 Å². The third-order valence-electron chi connectivity index (χ3n) is 1.93. The standard InChI is InChI=1S/C8H15N3/c1-4-11-8(5-6-10-11)7(2)9-3/h5-7,9H,4H2,1-3H3. The molecular formula is C8H15N3. The molecule has 0 aromatic carbocycles. The minimum Gasteiger partial charge on any atom is -0.312 e. The van der Waals surface area contributed by atoms with Crippen LogP contribution in [0.15, 0.2) is 12.3 Å². The van der Waals surface area contributed by atoms with Crippen LogP contribution in [0.3, 0.4) is 0 Å². The molecule has 3 heteroatoms. The molecule has 1 rings (SSSR count). The SMILES string of the molecule is CCn1nccc1C(C)NC. The summed E-state index contributed by atoms with van der Waals surface area (Å²) >= 11 is 0. The van der Waals surface area contributed by atoms with Gasteiger partial charge in [0.05, 0.1) is 5.69 Å². The van der Waals surface area contributed by atoms with Crippen LogP contribution in [0.1, 0.15) is 25.6 Å². The molecule has 1 atom stereocenters. The number of hydrogen-bond acceptors (Lipinski definition) is 2. The van der Waals surface area contributed by atoms with Crippen LogP contribution in [0.25, 0.3) is 0 Å². The number of aromatic nitrogens is 2. The summed E-state index contributed by atoms with van der Waals surface area (Å²) in [6, 6.07) is 2.43. The summed E-state index contributed by atoms with van der Waals surface area (Å²) in [5.74, 6) is 0. The van der Waals surface area contributed by atoms with E-state index in [0.29, 0.717) is 6.04 Å². The van der Waals surface area contributed by atoms with Crippen LogP contribution in [0.2, 0.25) is 0 Å². The first kappa shape index (κ1) is 8.27. The van der Waals surface area contributed by atoms with Gasteiger partial charge in [0, 0.05) is 18.8 Å². The first-order valence-electron chi connectivity index (χ1n) is 3.98. The normalized spacial score (nSPS) is 13.4. The van der Waals surface area contributed by atoms with Crippen LogP contribution in [0.5, 0.6) is 0 Å². The van der Waals surface area contributed by atoms with E-state index in [1.165, 1.54) is 5.69 Å². The molecule has 0 saturated heterocycles. The fourth-order valence-electron chi connectivity index (χ4n) is 1.12. The third-order valence-corrected chi connectivity index (χ3v) is 1.93. The summed E-state index contributed by atoms with van der Waals surface area (Å²) in [4.78, 5) is 0. The molecular weight excluding hydrogens is 138 g/mol. The van der Waals surface area contributed by atoms with Crippen molar-refractivity contribution in [3.63, 3.8) is 0 Å². The molecule has 1 aromatic rings. The molecule has 0 fully saturated rings. The zero-order valence-corrected chi connectivity index (χ0v) is 7.33. The number of hydrogen-bond donors (Lipinski definition) is 1. The zero-order valence-electron chi connectivity index (χ0n) is 7.33. The Morgan fingerprint density at radius 1 is 1.73 bits per heavy atom. The second-order valence-corrected chi connectivity index (χ2v) is 2.58. The van der Waals surface area contributed by atoms with Crippen LogP contribution in [0.4, 0.5) is 0 Å². The molecule has 0 aliphatic rings. The second-order valence-electron chi connectivity index (χ2n) is 2.58. The molecule has 1 aromatic heterocycles. The lowest BCUT2D eigenvalue weighted by molar-refractivity contribution is 0.544. The van der Waals surface area contributed by atoms with E-state index in [9.17, 15) is 0 Å². The lowest BCUT2D eigenvalue weighted by Gasteiger charge is -2.11. The van der Waals surface area contributed by atoms with E-state index in [0.717, 1.165) is 6.54 Å². The first-order chi connectivity index (χ1) is 5.29. The van der Waals surface area contributed by atoms with Gasteiger partial charge in [-0.2, -0.15) is 5.10 Å². The molecule has 3 nitrogen and oxygen atoms in total. The van der Waals surface area contributed by atoms with Crippen molar-refractivity contribution in [2.75, 3.05) is 7.05 Å². The van der Waals surface area contributed by atoms with Gasteiger partial charge in [-0.3, -0.25) is 4.68 Å². The average Bonchev–Trinajstić information content (AvgIpc) is 2.50. The molecule has 0 spiro atoms. The Morgan fingerprint density at radius 2 is 2.45 bits per heavy atom. The monoisotopic (exact) mass is 153 g/mol. The van der Waals surface area contributed by atoms with Crippen molar-refractivity contribution < 1.29 is 0 Å². The van der Waals surface area contributed by atoms with E-state index >= 15 is 0 Å². The van der Waals surface area contributed by atoms with Crippen molar-refractivity contribution in [1.82, 2.24) is 15.1 Å². The van der Waals surface area contributed by atoms with E-state index in [4.69, 9.17) is 0 Å². The number of aryl methyl sites for hydroxylation is 1. The highest BCUT2D eigenvalue weighted by Crippen LogP contribution is 2.09. The van der Waals surface area contributed by atoms with E-state index in [1.807, 2.05) is 24.0 Å². The van der Waals surface area contributed by atoms with Crippen LogP contribution in [-0.2, 0) is 6.54 Å². The summed E-state index contributed by atoms with van der Waals surface area (Å²) in [5.41, 5.74) is 1.25. The predicted molar refractivity (Wildman–Crippen MR) is 45.4 cm³/mol. The number of nitrogens with zero attached hydrogens (tertiary/aromatic N) is 2. The minimum absolute atomic E-state index is 0.387. The molecule has 0 bridgehead atoms. The maximum atomic E-state index is 4.18. The first-order valence-corrected chi connectivity index (χ1v) is 3.98. The van der Waals surface area contributed by atoms with Gasteiger partial charge >= 0.3 is 0 Å². The fourth-order valence-corrected chi connectivity index (χ4v) is 1.12. The molecule has 1 heterocycles. The Labute approximate surface area is 67.4 Å². The van der Waals surface area contributed by atoms with Crippen molar-refractivity contribution in [3.8, 4) is 0 Å². The Morgan fingerprint density at radius 3 is 3.00 bits per heavy atom. The van der Waals surface area contributed by atoms with Crippen molar-refractivity contribution in [1.29, 1.82) is 0 Å². The smallest absolute Gasteiger partial charge is 0.0550 e. The Hall–Kier alpha value is -0.830. The van der Waals surface area contributed by atoms with Crippen LogP contribution in [0, 0.1) is 0 Å². The lowest BCUT2D eigenvalue weighted by atomic mass is 10.2. The summed E-state index contributed by atoms with van der Waals surface area (Å²) in [5, 5.41) is 7.36. The van der Waals surface area contributed by atoms with Gasteiger partial charge in [0.25, 0.3) is 0 Å². The maximum absolute atomic E-state index is 4.18. The molecule has 11 heavy (non-hydrogen) atoms. The van der Waals surface area contributed by atoms with E-state index in [1.54, 1.807) is 0 Å². The third kappa shape index (κ3) is 1.60. The highest BCUT2D eigenvalue weighted by atomic mass is 15.3. The number of rotatable bonds is 3. The van der Waals surface area contributed by atoms with Gasteiger partial charge in [-0.1, -0.05) is 0 Å². The lowest BCUT2D eigenvalue weighted by Crippen LogP contribution is -2.16. The van der Waals surface area contributed by atoms with Crippen molar-refractivity contribution in [2.24, 2.45) is 0 Å². The molecule has 0 aliphatic carbocycles. The van der Waals surface area contributed by atoms with Gasteiger partial charge in [0.1, 0.15) is 0 Å². The second kappa shape index (κ2) is 3.53. The summed E-state index contributed by atoms with van der Waals surface area (Å²) in [6.45, 7) is 5.16. The van der Waals surface area contributed by atoms with E-state index < -0.39 is 0 Å². The van der Waals surface area contributed by atoms with Crippen molar-refractivity contribution in [3.05, 3.63) is 18.0 Å². The van der Waals surface area contributed by atoms with Crippen molar-refractivity contribution >= 4 is 0 Å². The van der Waals surface area contributed by atoms with Gasteiger partial charge in [-0.15, -0.1) is 0 Å². The minimum atomic E-state index is 0.387. The molecule has 1 N–H and O–H groups in total. The topological polar surface area (TPSA) is 29.9 Å². The highest BCUT2D eigenvalue weighted by molar-refractivity contribution is 5.05. The average molecular weight is 153 g/mol.